The van der Waals surface area contributed by atoms with Crippen molar-refractivity contribution in [3.8, 4) is 0 Å². The van der Waals surface area contributed by atoms with Crippen molar-refractivity contribution in [1.82, 2.24) is 0 Å². The van der Waals surface area contributed by atoms with E-state index < -0.39 is 26.3 Å². The Hall–Kier alpha value is -1.78. The van der Waals surface area contributed by atoms with Gasteiger partial charge in [0.1, 0.15) is 0 Å². The maximum Gasteiger partial charge on any atom is 0.297 e. The molecule has 0 spiro atoms. The topological polar surface area (TPSA) is 96.0 Å². The quantitative estimate of drug-likeness (QED) is 0.323. The number of hydrogen-bond donors (Lipinski definition) is 0. The van der Waals surface area contributed by atoms with Crippen LogP contribution in [0.25, 0.3) is 0 Å². The molecule has 2 rings (SSSR count). The molecule has 0 fully saturated rings. The largest absolute Gasteiger partial charge is 0.376 e. The Morgan fingerprint density at radius 1 is 0.742 bits per heavy atom. The van der Waals surface area contributed by atoms with Crippen LogP contribution in [-0.2, 0) is 33.3 Å². The minimum Gasteiger partial charge on any atom is -0.376 e. The summed E-state index contributed by atoms with van der Waals surface area (Å²) < 4.78 is 65.5. The van der Waals surface area contributed by atoms with Gasteiger partial charge in [-0.05, 0) is 44.5 Å². The maximum atomic E-state index is 12.4. The van der Waals surface area contributed by atoms with Crippen molar-refractivity contribution in [3.63, 3.8) is 0 Å². The highest BCUT2D eigenvalue weighted by Gasteiger charge is 2.21. The van der Waals surface area contributed by atoms with Gasteiger partial charge >= 0.3 is 0 Å². The lowest BCUT2D eigenvalue weighted by Crippen LogP contribution is -2.25. The van der Waals surface area contributed by atoms with Crippen LogP contribution in [0.1, 0.15) is 37.3 Å². The lowest BCUT2D eigenvalue weighted by atomic mass is 10.2. The smallest absolute Gasteiger partial charge is 0.297 e. The van der Waals surface area contributed by atoms with Crippen LogP contribution >= 0.6 is 0 Å². The lowest BCUT2D eigenvalue weighted by molar-refractivity contribution is 0.00848. The minimum absolute atomic E-state index is 0.0589. The van der Waals surface area contributed by atoms with Crippen molar-refractivity contribution < 1.29 is 29.9 Å². The maximum absolute atomic E-state index is 12.4. The van der Waals surface area contributed by atoms with Gasteiger partial charge in [0.2, 0.25) is 0 Å². The fourth-order valence-electron chi connectivity index (χ4n) is 2.61. The van der Waals surface area contributed by atoms with Crippen LogP contribution in [0.2, 0.25) is 0 Å². The second-order valence-corrected chi connectivity index (χ2v) is 10.5. The van der Waals surface area contributed by atoms with Crippen molar-refractivity contribution in [2.45, 2.75) is 55.9 Å². The van der Waals surface area contributed by atoms with Gasteiger partial charge in [-0.15, -0.1) is 0 Å². The molecule has 0 amide bonds. The molecule has 0 saturated carbocycles. The zero-order chi connectivity index (χ0) is 22.9. The second-order valence-electron chi connectivity index (χ2n) is 7.28. The first-order valence-electron chi connectivity index (χ1n) is 10.2. The Labute approximate surface area is 185 Å². The van der Waals surface area contributed by atoms with E-state index in [0.717, 1.165) is 24.0 Å². The van der Waals surface area contributed by atoms with Crippen molar-refractivity contribution in [2.75, 3.05) is 19.8 Å². The molecule has 0 aliphatic heterocycles. The van der Waals surface area contributed by atoms with Crippen LogP contribution in [0.15, 0.2) is 58.3 Å². The van der Waals surface area contributed by atoms with Crippen molar-refractivity contribution in [2.24, 2.45) is 0 Å². The van der Waals surface area contributed by atoms with E-state index in [1.54, 1.807) is 24.3 Å². The number of hydrogen-bond acceptors (Lipinski definition) is 7. The van der Waals surface area contributed by atoms with Crippen LogP contribution < -0.4 is 0 Å². The van der Waals surface area contributed by atoms with Crippen LogP contribution in [0.3, 0.4) is 0 Å². The molecule has 2 aromatic rings. The molecular formula is C22H30O7S2. The average Bonchev–Trinajstić information content (AvgIpc) is 2.72. The molecule has 2 aromatic carbocycles. The Morgan fingerprint density at radius 3 is 1.71 bits per heavy atom. The van der Waals surface area contributed by atoms with Gasteiger partial charge in [0.25, 0.3) is 20.2 Å². The zero-order valence-corrected chi connectivity index (χ0v) is 19.7. The zero-order valence-electron chi connectivity index (χ0n) is 18.1. The number of ether oxygens (including phenoxy) is 1. The summed E-state index contributed by atoms with van der Waals surface area (Å²) in [5.41, 5.74) is 1.88. The summed E-state index contributed by atoms with van der Waals surface area (Å²) in [7, 11) is -7.85. The molecule has 0 heterocycles. The van der Waals surface area contributed by atoms with E-state index in [4.69, 9.17) is 13.1 Å². The van der Waals surface area contributed by atoms with E-state index in [1.807, 2.05) is 20.8 Å². The normalized spacial score (nSPS) is 13.3. The molecule has 0 saturated heterocycles. The lowest BCUT2D eigenvalue weighted by Gasteiger charge is -2.18. The van der Waals surface area contributed by atoms with Gasteiger partial charge in [-0.3, -0.25) is 8.37 Å². The standard InChI is InChI=1S/C22H30O7S2/c1-4-5-15-27-20(17-29-31(25,26)22-12-8-19(3)9-13-22)14-16-28-30(23,24)21-10-6-18(2)7-11-21/h6-13,20H,4-5,14-17H2,1-3H3/t20-/m1/s1. The molecule has 9 heteroatoms. The van der Waals surface area contributed by atoms with E-state index in [9.17, 15) is 16.8 Å². The summed E-state index contributed by atoms with van der Waals surface area (Å²) in [6, 6.07) is 12.7. The first-order chi connectivity index (χ1) is 14.6. The van der Waals surface area contributed by atoms with E-state index in [1.165, 1.54) is 24.3 Å². The molecule has 7 nitrogen and oxygen atoms in total. The highest BCUT2D eigenvalue weighted by atomic mass is 32.2. The van der Waals surface area contributed by atoms with Crippen LogP contribution in [0.5, 0.6) is 0 Å². The third kappa shape index (κ3) is 8.34. The van der Waals surface area contributed by atoms with Crippen LogP contribution in [0.4, 0.5) is 0 Å². The molecule has 0 unspecified atom stereocenters. The molecule has 0 radical (unpaired) electrons. The number of aryl methyl sites for hydroxylation is 2. The first kappa shape index (κ1) is 25.5. The molecule has 172 valence electrons. The number of benzene rings is 2. The molecule has 0 bridgehead atoms. The highest BCUT2D eigenvalue weighted by molar-refractivity contribution is 7.87. The average molecular weight is 471 g/mol. The second kappa shape index (κ2) is 11.7. The Morgan fingerprint density at radius 2 is 1.23 bits per heavy atom. The molecule has 1 atom stereocenters. The van der Waals surface area contributed by atoms with Crippen molar-refractivity contribution in [3.05, 3.63) is 59.7 Å². The van der Waals surface area contributed by atoms with Gasteiger partial charge in [0.15, 0.2) is 0 Å². The fraction of sp³-hybridized carbons (Fsp3) is 0.455. The Balaban J connectivity index is 1.96. The summed E-state index contributed by atoms with van der Waals surface area (Å²) in [5, 5.41) is 0. The summed E-state index contributed by atoms with van der Waals surface area (Å²) in [4.78, 5) is 0.128. The molecule has 0 aromatic heterocycles. The predicted octanol–water partition coefficient (Wildman–Crippen LogP) is 3.99. The predicted molar refractivity (Wildman–Crippen MR) is 118 cm³/mol. The van der Waals surface area contributed by atoms with E-state index >= 15 is 0 Å². The van der Waals surface area contributed by atoms with Crippen LogP contribution in [0, 0.1) is 13.8 Å². The summed E-state index contributed by atoms with van der Waals surface area (Å²) in [6.07, 6.45) is 1.25. The van der Waals surface area contributed by atoms with Gasteiger partial charge in [0, 0.05) is 13.0 Å². The Bertz CT molecular complexity index is 1010. The summed E-state index contributed by atoms with van der Waals surface area (Å²) in [6.45, 7) is 5.77. The van der Waals surface area contributed by atoms with Gasteiger partial charge in [0.05, 0.1) is 29.1 Å². The van der Waals surface area contributed by atoms with E-state index in [0.29, 0.717) is 6.61 Å². The van der Waals surface area contributed by atoms with Crippen LogP contribution in [-0.4, -0.2) is 42.8 Å². The first-order valence-corrected chi connectivity index (χ1v) is 13.0. The van der Waals surface area contributed by atoms with Crippen molar-refractivity contribution >= 4 is 20.2 Å². The van der Waals surface area contributed by atoms with Gasteiger partial charge in [-0.2, -0.15) is 16.8 Å². The highest BCUT2D eigenvalue weighted by Crippen LogP contribution is 2.17. The van der Waals surface area contributed by atoms with Gasteiger partial charge in [-0.25, -0.2) is 0 Å². The number of unbranched alkanes of at least 4 members (excludes halogenated alkanes) is 1. The molecular weight excluding hydrogens is 440 g/mol. The van der Waals surface area contributed by atoms with Gasteiger partial charge in [-0.1, -0.05) is 48.7 Å². The third-order valence-corrected chi connectivity index (χ3v) is 7.18. The summed E-state index contributed by atoms with van der Waals surface area (Å²) >= 11 is 0. The molecule has 0 N–H and O–H groups in total. The SMILES string of the molecule is CCCCO[C@H](CCOS(=O)(=O)c1ccc(C)cc1)COS(=O)(=O)c1ccc(C)cc1. The minimum atomic E-state index is -3.94. The fourth-order valence-corrected chi connectivity index (χ4v) is 4.47. The van der Waals surface area contributed by atoms with Crippen molar-refractivity contribution in [1.29, 1.82) is 0 Å². The molecule has 31 heavy (non-hydrogen) atoms. The Kier molecular flexibility index (Phi) is 9.64. The summed E-state index contributed by atoms with van der Waals surface area (Å²) in [5.74, 6) is 0. The monoisotopic (exact) mass is 470 g/mol. The third-order valence-electron chi connectivity index (χ3n) is 4.56. The van der Waals surface area contributed by atoms with E-state index in [2.05, 4.69) is 0 Å². The van der Waals surface area contributed by atoms with E-state index in [-0.39, 0.29) is 29.4 Å². The molecule has 0 aliphatic rings. The number of rotatable bonds is 13. The molecule has 0 aliphatic carbocycles. The van der Waals surface area contributed by atoms with Gasteiger partial charge < -0.3 is 4.74 Å².